The van der Waals surface area contributed by atoms with Crippen LogP contribution in [0.3, 0.4) is 0 Å². The first-order valence-electron chi connectivity index (χ1n) is 4.24. The molecule has 3 N–H and O–H groups in total. The van der Waals surface area contributed by atoms with Crippen molar-refractivity contribution in [3.63, 3.8) is 0 Å². The second-order valence-corrected chi connectivity index (χ2v) is 6.89. The first kappa shape index (κ1) is 16.7. The number of ether oxygens (including phenoxy) is 1. The van der Waals surface area contributed by atoms with Gasteiger partial charge < -0.3 is 28.7 Å². The molecule has 0 saturated carbocycles. The molecule has 0 aliphatic rings. The highest BCUT2D eigenvalue weighted by Gasteiger charge is 2.28. The molecule has 11 heteroatoms. The van der Waals surface area contributed by atoms with Crippen LogP contribution in [-0.2, 0) is 27.7 Å². The Morgan fingerprint density at radius 2 is 1.65 bits per heavy atom. The van der Waals surface area contributed by atoms with Gasteiger partial charge in [0.1, 0.15) is 12.3 Å². The molecule has 0 bridgehead atoms. The monoisotopic (exact) mass is 292 g/mol. The van der Waals surface area contributed by atoms with E-state index in [1.807, 2.05) is 0 Å². The summed E-state index contributed by atoms with van der Waals surface area (Å²) in [5.74, 6) is -1.23. The minimum atomic E-state index is -4.09. The van der Waals surface area contributed by atoms with Gasteiger partial charge in [-0.15, -0.1) is 0 Å². The second-order valence-electron chi connectivity index (χ2n) is 2.93. The van der Waals surface area contributed by atoms with Gasteiger partial charge in [0.15, 0.2) is 0 Å². The fraction of sp³-hybridized carbons (Fsp3) is 0.833. The third kappa shape index (κ3) is 7.62. The molecule has 0 aromatic rings. The lowest BCUT2D eigenvalue weighted by Gasteiger charge is -2.15. The Hall–Kier alpha value is -0.270. The second kappa shape index (κ2) is 6.61. The van der Waals surface area contributed by atoms with E-state index >= 15 is 0 Å². The van der Waals surface area contributed by atoms with Crippen LogP contribution in [0.5, 0.6) is 0 Å². The molecule has 0 aromatic carbocycles. The van der Waals surface area contributed by atoms with Gasteiger partial charge in [-0.05, 0) is 0 Å². The van der Waals surface area contributed by atoms with Crippen molar-refractivity contribution in [1.29, 1.82) is 0 Å². The molecule has 0 amide bonds. The Kier molecular flexibility index (Phi) is 6.50. The molecule has 0 saturated heterocycles. The fourth-order valence-electron chi connectivity index (χ4n) is 0.726. The van der Waals surface area contributed by atoms with Gasteiger partial charge in [-0.3, -0.25) is 13.9 Å². The Labute approximate surface area is 97.4 Å². The van der Waals surface area contributed by atoms with Crippen LogP contribution in [0.2, 0.25) is 0 Å². The van der Waals surface area contributed by atoms with E-state index in [1.165, 1.54) is 0 Å². The molecule has 0 heterocycles. The van der Waals surface area contributed by atoms with Crippen LogP contribution in [0.25, 0.3) is 0 Å². The summed E-state index contributed by atoms with van der Waals surface area (Å²) >= 11 is 0. The maximum atomic E-state index is 11.0. The van der Waals surface area contributed by atoms with Crippen LogP contribution in [-0.4, -0.2) is 53.7 Å². The normalized spacial score (nSPS) is 20.1. The topological polar surface area (TPSA) is 140 Å². The first-order valence-corrected chi connectivity index (χ1v) is 7.77. The van der Waals surface area contributed by atoms with E-state index in [-0.39, 0.29) is 0 Å². The summed E-state index contributed by atoms with van der Waals surface area (Å²) in [6, 6.07) is 0. The number of aliphatic hydroxyl groups is 1. The van der Waals surface area contributed by atoms with Crippen molar-refractivity contribution in [2.75, 3.05) is 26.5 Å². The van der Waals surface area contributed by atoms with Crippen molar-refractivity contribution < 1.29 is 42.6 Å². The molecule has 0 fully saturated rings. The maximum absolute atomic E-state index is 11.0. The molecular formula is C6H14O9P2. The van der Waals surface area contributed by atoms with Gasteiger partial charge in [0.2, 0.25) is 6.29 Å². The first-order chi connectivity index (χ1) is 7.62. The van der Waals surface area contributed by atoms with Crippen molar-refractivity contribution in [2.24, 2.45) is 0 Å². The fourth-order valence-corrected chi connectivity index (χ4v) is 1.87. The molecular weight excluding hydrogens is 278 g/mol. The lowest BCUT2D eigenvalue weighted by molar-refractivity contribution is -0.161. The summed E-state index contributed by atoms with van der Waals surface area (Å²) in [7, 11) is -6.25. The standard InChI is InChI=1S/C6H14O9P2/c1-13-16(9,10)3-5(7)15-6(8)4-17(11,12)14-2/h5,7H,3-4H2,1-2H3,(H,9,10)(H,11,12). The van der Waals surface area contributed by atoms with Gasteiger partial charge in [0.25, 0.3) is 0 Å². The zero-order chi connectivity index (χ0) is 13.7. The largest absolute Gasteiger partial charge is 0.435 e. The molecule has 3 atom stereocenters. The van der Waals surface area contributed by atoms with E-state index in [4.69, 9.17) is 14.9 Å². The van der Waals surface area contributed by atoms with E-state index in [2.05, 4.69) is 13.8 Å². The minimum absolute atomic E-state index is 0.835. The van der Waals surface area contributed by atoms with E-state index in [0.29, 0.717) is 0 Å². The van der Waals surface area contributed by atoms with Crippen LogP contribution in [0.15, 0.2) is 0 Å². The number of carbonyl (C=O) groups is 1. The van der Waals surface area contributed by atoms with Crippen LogP contribution < -0.4 is 0 Å². The zero-order valence-corrected chi connectivity index (χ0v) is 11.0. The van der Waals surface area contributed by atoms with E-state index < -0.39 is 39.8 Å². The molecule has 17 heavy (non-hydrogen) atoms. The predicted molar refractivity (Wildman–Crippen MR) is 55.5 cm³/mol. The molecule has 102 valence electrons. The van der Waals surface area contributed by atoms with E-state index in [9.17, 15) is 13.9 Å². The number of rotatable bonds is 7. The van der Waals surface area contributed by atoms with E-state index in [1.54, 1.807) is 0 Å². The van der Waals surface area contributed by atoms with Gasteiger partial charge in [-0.2, -0.15) is 0 Å². The molecule has 3 unspecified atom stereocenters. The highest BCUT2D eigenvalue weighted by molar-refractivity contribution is 7.53. The number of esters is 1. The van der Waals surface area contributed by atoms with Gasteiger partial charge in [-0.1, -0.05) is 0 Å². The lowest BCUT2D eigenvalue weighted by atomic mass is 10.7. The van der Waals surface area contributed by atoms with Crippen LogP contribution >= 0.6 is 15.2 Å². The Bertz CT molecular complexity index is 353. The molecule has 0 aliphatic carbocycles. The number of aliphatic hydroxyl groups excluding tert-OH is 1. The van der Waals surface area contributed by atoms with Crippen molar-refractivity contribution in [1.82, 2.24) is 0 Å². The quantitative estimate of drug-likeness (QED) is 0.322. The smallest absolute Gasteiger partial charge is 0.339 e. The van der Waals surface area contributed by atoms with Crippen molar-refractivity contribution in [2.45, 2.75) is 6.29 Å². The number of hydrogen-bond donors (Lipinski definition) is 3. The maximum Gasteiger partial charge on any atom is 0.339 e. The Morgan fingerprint density at radius 1 is 1.18 bits per heavy atom. The van der Waals surface area contributed by atoms with Gasteiger partial charge in [-0.25, -0.2) is 0 Å². The van der Waals surface area contributed by atoms with Crippen LogP contribution in [0, 0.1) is 0 Å². The van der Waals surface area contributed by atoms with Gasteiger partial charge in [0.05, 0.1) is 0 Å². The highest BCUT2D eigenvalue weighted by atomic mass is 31.2. The summed E-state index contributed by atoms with van der Waals surface area (Å²) in [5.41, 5.74) is 0. The molecule has 0 aliphatic heterocycles. The van der Waals surface area contributed by atoms with Crippen molar-refractivity contribution in [3.8, 4) is 0 Å². The average molecular weight is 292 g/mol. The lowest BCUT2D eigenvalue weighted by Crippen LogP contribution is -2.23. The minimum Gasteiger partial charge on any atom is -0.435 e. The van der Waals surface area contributed by atoms with Crippen molar-refractivity contribution >= 4 is 21.2 Å². The Balaban J connectivity index is 4.23. The summed E-state index contributed by atoms with van der Waals surface area (Å²) < 4.78 is 34.4. The predicted octanol–water partition coefficient (Wildman–Crippen LogP) is -0.488. The number of hydrogen-bond acceptors (Lipinski definition) is 7. The summed E-state index contributed by atoms with van der Waals surface area (Å²) in [6.07, 6.45) is -3.71. The average Bonchev–Trinajstić information content (AvgIpc) is 2.15. The van der Waals surface area contributed by atoms with Gasteiger partial charge in [0, 0.05) is 14.2 Å². The zero-order valence-electron chi connectivity index (χ0n) is 9.18. The summed E-state index contributed by atoms with van der Waals surface area (Å²) in [6.45, 7) is 0. The SMILES string of the molecule is COP(=O)(O)CC(=O)OC(O)CP(=O)(O)OC. The molecule has 0 radical (unpaired) electrons. The van der Waals surface area contributed by atoms with Crippen LogP contribution in [0.1, 0.15) is 0 Å². The summed E-state index contributed by atoms with van der Waals surface area (Å²) in [4.78, 5) is 28.8. The molecule has 9 nitrogen and oxygen atoms in total. The highest BCUT2D eigenvalue weighted by Crippen LogP contribution is 2.42. The summed E-state index contributed by atoms with van der Waals surface area (Å²) in [5, 5.41) is 9.09. The van der Waals surface area contributed by atoms with Gasteiger partial charge >= 0.3 is 21.2 Å². The molecule has 0 rings (SSSR count). The Morgan fingerprint density at radius 3 is 2.06 bits per heavy atom. The number of carbonyl (C=O) groups excluding carboxylic acids is 1. The molecule has 0 aromatic heterocycles. The van der Waals surface area contributed by atoms with Crippen LogP contribution in [0.4, 0.5) is 0 Å². The van der Waals surface area contributed by atoms with Crippen molar-refractivity contribution in [3.05, 3.63) is 0 Å². The molecule has 0 spiro atoms. The third-order valence-corrected chi connectivity index (χ3v) is 4.13. The van der Waals surface area contributed by atoms with E-state index in [0.717, 1.165) is 14.2 Å². The third-order valence-electron chi connectivity index (χ3n) is 1.55.